The number of carbonyl (C=O) groups is 2. The zero-order valence-electron chi connectivity index (χ0n) is 19.6. The molecule has 3 aromatic rings. The minimum Gasteiger partial charge on any atom is -0.489 e. The van der Waals surface area contributed by atoms with Crippen molar-refractivity contribution in [3.8, 4) is 5.75 Å². The molecule has 2 aromatic carbocycles. The second-order valence-electron chi connectivity index (χ2n) is 8.84. The summed E-state index contributed by atoms with van der Waals surface area (Å²) in [5.74, 6) is -2.27. The Morgan fingerprint density at radius 2 is 1.89 bits per heavy atom. The number of likely N-dealkylation sites (tertiary alicyclic amines) is 1. The summed E-state index contributed by atoms with van der Waals surface area (Å²) in [5.41, 5.74) is 4.24. The Morgan fingerprint density at radius 3 is 2.58 bits per heavy atom. The van der Waals surface area contributed by atoms with Crippen molar-refractivity contribution in [2.45, 2.75) is 24.8 Å². The van der Waals surface area contributed by atoms with E-state index in [2.05, 4.69) is 4.98 Å². The molecular formula is C25H27N3O7S. The lowest BCUT2D eigenvalue weighted by molar-refractivity contribution is -0.136. The van der Waals surface area contributed by atoms with Crippen LogP contribution in [-0.2, 0) is 21.2 Å². The number of nitrogens with one attached hydrogen (secondary N) is 1. The molecule has 36 heavy (non-hydrogen) atoms. The average molecular weight is 514 g/mol. The molecule has 0 saturated carbocycles. The molecule has 0 bridgehead atoms. The molecule has 10 nitrogen and oxygen atoms in total. The number of pyridine rings is 1. The van der Waals surface area contributed by atoms with E-state index in [1.807, 2.05) is 37.3 Å². The predicted octanol–water partition coefficient (Wildman–Crippen LogP) is 3.02. The fraction of sp³-hybridized carbons (Fsp3) is 0.320. The minimum atomic E-state index is -3.78. The number of amides is 2. The molecule has 1 saturated heterocycles. The Kier molecular flexibility index (Phi) is 7.41. The summed E-state index contributed by atoms with van der Waals surface area (Å²) in [4.78, 5) is 29.0. The lowest BCUT2D eigenvalue weighted by Crippen LogP contribution is -2.50. The van der Waals surface area contributed by atoms with Gasteiger partial charge in [0.25, 0.3) is 0 Å². The molecule has 2 heterocycles. The summed E-state index contributed by atoms with van der Waals surface area (Å²) in [6.45, 7) is 2.13. The van der Waals surface area contributed by atoms with Gasteiger partial charge in [0.1, 0.15) is 12.4 Å². The topological polar surface area (TPSA) is 146 Å². The lowest BCUT2D eigenvalue weighted by Gasteiger charge is -2.35. The maximum Gasteiger partial charge on any atom is 0.407 e. The molecule has 2 atom stereocenters. The summed E-state index contributed by atoms with van der Waals surface area (Å²) in [5, 5.41) is 19.2. The van der Waals surface area contributed by atoms with Crippen LogP contribution in [0.4, 0.5) is 4.79 Å². The molecule has 0 spiro atoms. The summed E-state index contributed by atoms with van der Waals surface area (Å²) >= 11 is 0. The number of benzene rings is 2. The van der Waals surface area contributed by atoms with Crippen LogP contribution in [0.15, 0.2) is 59.5 Å². The third kappa shape index (κ3) is 5.58. The molecule has 3 N–H and O–H groups in total. The first kappa shape index (κ1) is 25.4. The van der Waals surface area contributed by atoms with E-state index >= 15 is 0 Å². The van der Waals surface area contributed by atoms with Crippen LogP contribution in [0.5, 0.6) is 5.75 Å². The van der Waals surface area contributed by atoms with Gasteiger partial charge in [-0.2, -0.15) is 0 Å². The zero-order valence-corrected chi connectivity index (χ0v) is 20.4. The maximum absolute atomic E-state index is 13.1. The summed E-state index contributed by atoms with van der Waals surface area (Å²) in [7, 11) is -3.78. The van der Waals surface area contributed by atoms with Gasteiger partial charge >= 0.3 is 6.09 Å². The maximum atomic E-state index is 13.1. The molecule has 0 radical (unpaired) electrons. The first-order valence-corrected chi connectivity index (χ1v) is 13.1. The highest BCUT2D eigenvalue weighted by atomic mass is 32.2. The third-order valence-electron chi connectivity index (χ3n) is 6.41. The minimum absolute atomic E-state index is 0.0730. The van der Waals surface area contributed by atoms with Crippen molar-refractivity contribution in [3.63, 3.8) is 0 Å². The number of aryl methyl sites for hydroxylation is 1. The van der Waals surface area contributed by atoms with Gasteiger partial charge in [0.15, 0.2) is 9.84 Å². The number of piperidine rings is 1. The number of rotatable bonds is 7. The van der Waals surface area contributed by atoms with E-state index in [1.54, 1.807) is 12.1 Å². The summed E-state index contributed by atoms with van der Waals surface area (Å²) < 4.78 is 32.1. The van der Waals surface area contributed by atoms with Crippen molar-refractivity contribution in [1.82, 2.24) is 15.4 Å². The van der Waals surface area contributed by atoms with E-state index in [0.717, 1.165) is 27.1 Å². The highest BCUT2D eigenvalue weighted by Gasteiger charge is 2.38. The summed E-state index contributed by atoms with van der Waals surface area (Å²) in [6, 6.07) is 15.8. The molecule has 1 fully saturated rings. The number of nitrogens with zero attached hydrogens (tertiary/aromatic N) is 2. The predicted molar refractivity (Wildman–Crippen MR) is 130 cm³/mol. The number of sulfone groups is 1. The number of hydroxylamine groups is 1. The van der Waals surface area contributed by atoms with Gasteiger partial charge < -0.3 is 14.7 Å². The number of aromatic nitrogens is 1. The number of carbonyl (C=O) groups excluding carboxylic acids is 1. The van der Waals surface area contributed by atoms with Crippen molar-refractivity contribution in [3.05, 3.63) is 65.9 Å². The number of hydrogen-bond donors (Lipinski definition) is 3. The van der Waals surface area contributed by atoms with Gasteiger partial charge in [-0.15, -0.1) is 0 Å². The van der Waals surface area contributed by atoms with E-state index in [-0.39, 0.29) is 36.8 Å². The molecule has 11 heteroatoms. The van der Waals surface area contributed by atoms with E-state index in [4.69, 9.17) is 9.94 Å². The number of para-hydroxylation sites is 1. The van der Waals surface area contributed by atoms with Gasteiger partial charge in [0, 0.05) is 29.7 Å². The number of ether oxygens (including phenoxy) is 1. The third-order valence-corrected chi connectivity index (χ3v) is 8.27. The quantitative estimate of drug-likeness (QED) is 0.323. The van der Waals surface area contributed by atoms with Crippen LogP contribution in [-0.4, -0.2) is 59.5 Å². The molecule has 0 unspecified atom stereocenters. The molecule has 190 valence electrons. The first-order chi connectivity index (χ1) is 17.2. The first-order valence-electron chi connectivity index (χ1n) is 11.4. The fourth-order valence-corrected chi connectivity index (χ4v) is 6.26. The monoisotopic (exact) mass is 513 g/mol. The largest absolute Gasteiger partial charge is 0.489 e. The van der Waals surface area contributed by atoms with Crippen LogP contribution in [0.1, 0.15) is 17.7 Å². The van der Waals surface area contributed by atoms with Crippen molar-refractivity contribution in [2.24, 2.45) is 11.8 Å². The zero-order chi connectivity index (χ0) is 25.9. The van der Waals surface area contributed by atoms with E-state index in [0.29, 0.717) is 5.75 Å². The van der Waals surface area contributed by atoms with E-state index in [9.17, 15) is 23.1 Å². The lowest BCUT2D eigenvalue weighted by atomic mass is 9.86. The highest BCUT2D eigenvalue weighted by Crippen LogP contribution is 2.29. The average Bonchev–Trinajstić information content (AvgIpc) is 2.86. The van der Waals surface area contributed by atoms with Gasteiger partial charge in [-0.3, -0.25) is 15.0 Å². The molecule has 0 aliphatic carbocycles. The van der Waals surface area contributed by atoms with Crippen LogP contribution >= 0.6 is 0 Å². The smallest absolute Gasteiger partial charge is 0.407 e. The molecule has 1 aliphatic heterocycles. The van der Waals surface area contributed by atoms with Gasteiger partial charge in [-0.05, 0) is 55.7 Å². The van der Waals surface area contributed by atoms with Crippen LogP contribution < -0.4 is 10.2 Å². The Labute approximate surface area is 208 Å². The van der Waals surface area contributed by atoms with Crippen molar-refractivity contribution in [2.75, 3.05) is 18.8 Å². The fourth-order valence-electron chi connectivity index (χ4n) is 4.55. The molecule has 1 aliphatic rings. The van der Waals surface area contributed by atoms with Crippen molar-refractivity contribution >= 4 is 32.7 Å². The molecule has 1 aromatic heterocycles. The Bertz CT molecular complexity index is 1380. The van der Waals surface area contributed by atoms with Gasteiger partial charge in [0.2, 0.25) is 5.91 Å². The Hall–Kier alpha value is -3.70. The molecule has 2 amide bonds. The second kappa shape index (κ2) is 10.5. The van der Waals surface area contributed by atoms with E-state index in [1.165, 1.54) is 17.6 Å². The Morgan fingerprint density at radius 1 is 1.17 bits per heavy atom. The number of carboxylic acid groups (broad SMARTS) is 1. The Balaban J connectivity index is 1.45. The molecular weight excluding hydrogens is 486 g/mol. The van der Waals surface area contributed by atoms with Crippen LogP contribution in [0.25, 0.3) is 10.9 Å². The number of hydrogen-bond acceptors (Lipinski definition) is 7. The van der Waals surface area contributed by atoms with Gasteiger partial charge in [-0.25, -0.2) is 18.7 Å². The van der Waals surface area contributed by atoms with Crippen LogP contribution in [0, 0.1) is 18.8 Å². The summed E-state index contributed by atoms with van der Waals surface area (Å²) in [6.07, 6.45) is -1.01. The van der Waals surface area contributed by atoms with Crippen molar-refractivity contribution in [1.29, 1.82) is 0 Å². The van der Waals surface area contributed by atoms with Crippen LogP contribution in [0.3, 0.4) is 0 Å². The van der Waals surface area contributed by atoms with Gasteiger partial charge in [0.05, 0.1) is 22.1 Å². The van der Waals surface area contributed by atoms with Gasteiger partial charge in [-0.1, -0.05) is 18.2 Å². The SMILES string of the molecule is Cc1cc(COc2ccc(S(=O)(=O)C[C@@H]3CCN(C(=O)O)C[C@@H]3C(=O)NO)cc2)c2ccccc2n1. The number of fused-ring (bicyclic) bond motifs is 1. The normalized spacial score (nSPS) is 18.1. The molecule has 4 rings (SSSR count). The standard InChI is InChI=1S/C25H27N3O7S/c1-16-12-18(21-4-2-3-5-23(21)26-16)14-35-19-6-8-20(9-7-19)36(33,34)15-17-10-11-28(25(30)31)13-22(17)24(29)27-32/h2-9,12,17,22,32H,10-11,13-15H2,1H3,(H,27,29)(H,30,31)/t17-,22-/m0/s1. The van der Waals surface area contributed by atoms with Crippen LogP contribution in [0.2, 0.25) is 0 Å². The van der Waals surface area contributed by atoms with Crippen molar-refractivity contribution < 1.29 is 33.1 Å². The second-order valence-corrected chi connectivity index (χ2v) is 10.9. The van der Waals surface area contributed by atoms with E-state index < -0.39 is 33.7 Å². The highest BCUT2D eigenvalue weighted by molar-refractivity contribution is 7.91.